The molecule has 0 aliphatic carbocycles. The summed E-state index contributed by atoms with van der Waals surface area (Å²) in [5.74, 6) is 0.00473. The fourth-order valence-electron chi connectivity index (χ4n) is 3.60. The van der Waals surface area contributed by atoms with Crippen molar-refractivity contribution in [1.82, 2.24) is 30.3 Å². The van der Waals surface area contributed by atoms with Crippen LogP contribution >= 0.6 is 11.8 Å². The molecule has 1 fully saturated rings. The first kappa shape index (κ1) is 24.2. The largest absolute Gasteiger partial charge is 0.335 e. The predicted molar refractivity (Wildman–Crippen MR) is 122 cm³/mol. The monoisotopic (exact) mass is 462 g/mol. The van der Waals surface area contributed by atoms with Gasteiger partial charge in [0.05, 0.1) is 11.8 Å². The highest BCUT2D eigenvalue weighted by atomic mass is 32.2. The first-order valence-corrected chi connectivity index (χ1v) is 12.1. The molecule has 2 N–H and O–H groups in total. The number of likely N-dealkylation sites (tertiary alicyclic amines) is 1. The number of thioether (sulfide) groups is 1. The third-order valence-corrected chi connectivity index (χ3v) is 6.56. The van der Waals surface area contributed by atoms with Crippen LogP contribution in [0, 0.1) is 5.82 Å². The summed E-state index contributed by atoms with van der Waals surface area (Å²) >= 11 is 1.19. The molecule has 1 saturated heterocycles. The lowest BCUT2D eigenvalue weighted by Gasteiger charge is -2.31. The molecule has 0 spiro atoms. The lowest BCUT2D eigenvalue weighted by Crippen LogP contribution is -2.43. The third-order valence-electron chi connectivity index (χ3n) is 5.63. The number of hydrogen-bond acceptors (Lipinski definition) is 6. The predicted octanol–water partition coefficient (Wildman–Crippen LogP) is 3.67. The number of benzene rings is 1. The summed E-state index contributed by atoms with van der Waals surface area (Å²) < 4.78 is 15.4. The van der Waals surface area contributed by atoms with Gasteiger partial charge in [-0.05, 0) is 70.5 Å². The second kappa shape index (κ2) is 11.4. The molecule has 2 atom stereocenters. The number of carbonyl (C=O) groups excluding carboxylic acids is 2. The number of hydrogen-bond donors (Lipinski definition) is 2. The Morgan fingerprint density at radius 3 is 2.47 bits per heavy atom. The molecule has 0 radical (unpaired) electrons. The molecule has 32 heavy (non-hydrogen) atoms. The molecular weight excluding hydrogens is 431 g/mol. The number of carbonyl (C=O) groups is 2. The Kier molecular flexibility index (Phi) is 8.63. The van der Waals surface area contributed by atoms with Gasteiger partial charge in [0.1, 0.15) is 5.82 Å². The molecule has 2 heterocycles. The quantitative estimate of drug-likeness (QED) is 0.582. The van der Waals surface area contributed by atoms with Crippen molar-refractivity contribution < 1.29 is 14.0 Å². The molecule has 0 bridgehead atoms. The fourth-order valence-corrected chi connectivity index (χ4v) is 4.36. The number of rotatable bonds is 8. The maximum Gasteiger partial charge on any atom is 0.321 e. The summed E-state index contributed by atoms with van der Waals surface area (Å²) in [6.07, 6.45) is 4.30. The van der Waals surface area contributed by atoms with Crippen molar-refractivity contribution in [1.29, 1.82) is 0 Å². The van der Waals surface area contributed by atoms with Crippen molar-refractivity contribution in [2.75, 3.05) is 18.8 Å². The van der Waals surface area contributed by atoms with Crippen LogP contribution in [0.15, 0.2) is 29.4 Å². The Morgan fingerprint density at radius 2 is 1.81 bits per heavy atom. The fraction of sp³-hybridized carbons (Fsp3) is 0.545. The maximum atomic E-state index is 13.5. The Morgan fingerprint density at radius 1 is 1.12 bits per heavy atom. The van der Waals surface area contributed by atoms with Crippen LogP contribution in [-0.4, -0.2) is 56.5 Å². The molecule has 3 rings (SSSR count). The van der Waals surface area contributed by atoms with Crippen LogP contribution in [0.2, 0.25) is 0 Å². The molecule has 0 unspecified atom stereocenters. The van der Waals surface area contributed by atoms with Crippen LogP contribution in [0.25, 0.3) is 5.69 Å². The summed E-state index contributed by atoms with van der Waals surface area (Å²) in [5, 5.41) is 14.3. The summed E-state index contributed by atoms with van der Waals surface area (Å²) in [6, 6.07) is 5.64. The van der Waals surface area contributed by atoms with E-state index in [2.05, 4.69) is 32.7 Å². The van der Waals surface area contributed by atoms with Gasteiger partial charge in [0.15, 0.2) is 11.0 Å². The van der Waals surface area contributed by atoms with Crippen LogP contribution in [0.3, 0.4) is 0 Å². The van der Waals surface area contributed by atoms with Gasteiger partial charge in [0.25, 0.3) is 0 Å². The minimum atomic E-state index is -0.510. The van der Waals surface area contributed by atoms with Crippen molar-refractivity contribution in [2.24, 2.45) is 0 Å². The maximum absolute atomic E-state index is 13.5. The lowest BCUT2D eigenvalue weighted by atomic mass is 10.1. The number of imide groups is 1. The van der Waals surface area contributed by atoms with E-state index in [0.29, 0.717) is 5.16 Å². The van der Waals surface area contributed by atoms with E-state index in [-0.39, 0.29) is 23.7 Å². The van der Waals surface area contributed by atoms with Crippen LogP contribution in [-0.2, 0) is 4.79 Å². The van der Waals surface area contributed by atoms with E-state index in [0.717, 1.165) is 43.9 Å². The summed E-state index contributed by atoms with van der Waals surface area (Å²) in [7, 11) is 0. The molecule has 0 saturated carbocycles. The summed E-state index contributed by atoms with van der Waals surface area (Å²) in [6.45, 7) is 7.90. The average molecular weight is 463 g/mol. The molecule has 3 amide bonds. The molecule has 2 aromatic rings. The van der Waals surface area contributed by atoms with E-state index in [4.69, 9.17) is 0 Å². The minimum Gasteiger partial charge on any atom is -0.335 e. The summed E-state index contributed by atoms with van der Waals surface area (Å²) in [4.78, 5) is 26.5. The van der Waals surface area contributed by atoms with Gasteiger partial charge < -0.3 is 5.32 Å². The van der Waals surface area contributed by atoms with Crippen LogP contribution < -0.4 is 10.6 Å². The van der Waals surface area contributed by atoms with Crippen molar-refractivity contribution in [3.63, 3.8) is 0 Å². The van der Waals surface area contributed by atoms with Crippen molar-refractivity contribution in [3.8, 4) is 5.69 Å². The van der Waals surface area contributed by atoms with Crippen molar-refractivity contribution in [2.45, 2.75) is 63.7 Å². The number of nitrogens with zero attached hydrogens (tertiary/aromatic N) is 4. The highest BCUT2D eigenvalue weighted by Crippen LogP contribution is 2.29. The Bertz CT molecular complexity index is 914. The van der Waals surface area contributed by atoms with Gasteiger partial charge >= 0.3 is 6.03 Å². The Balaban J connectivity index is 1.76. The number of halogens is 1. The average Bonchev–Trinajstić information content (AvgIpc) is 3.22. The van der Waals surface area contributed by atoms with E-state index in [1.165, 1.54) is 30.3 Å². The van der Waals surface area contributed by atoms with E-state index in [1.54, 1.807) is 12.1 Å². The molecular formula is C22H31FN6O2S. The smallest absolute Gasteiger partial charge is 0.321 e. The standard InChI is InChI=1S/C22H31FN6O2S/c1-4-15(2)24-21(31)25-19(30)14-32-22-27-26-20(16(3)28-12-6-5-7-13-28)29(22)18-10-8-17(23)9-11-18/h8-11,15-16H,4-7,12-14H2,1-3H3,(H2,24,25,30,31)/t15-,16-/m0/s1. The van der Waals surface area contributed by atoms with Gasteiger partial charge in [0, 0.05) is 11.7 Å². The zero-order chi connectivity index (χ0) is 23.1. The topological polar surface area (TPSA) is 92.2 Å². The first-order valence-electron chi connectivity index (χ1n) is 11.1. The van der Waals surface area contributed by atoms with Gasteiger partial charge in [-0.25, -0.2) is 9.18 Å². The SMILES string of the molecule is CC[C@H](C)NC(=O)NC(=O)CSc1nnc([C@H](C)N2CCCCC2)n1-c1ccc(F)cc1. The minimum absolute atomic E-state index is 0.00531. The lowest BCUT2D eigenvalue weighted by molar-refractivity contribution is -0.117. The zero-order valence-electron chi connectivity index (χ0n) is 18.8. The number of amides is 3. The summed E-state index contributed by atoms with van der Waals surface area (Å²) in [5.41, 5.74) is 0.729. The normalized spacial score (nSPS) is 16.4. The van der Waals surface area contributed by atoms with Gasteiger partial charge in [-0.3, -0.25) is 19.6 Å². The number of aromatic nitrogens is 3. The highest BCUT2D eigenvalue weighted by molar-refractivity contribution is 7.99. The van der Waals surface area contributed by atoms with E-state index >= 15 is 0 Å². The van der Waals surface area contributed by atoms with Crippen LogP contribution in [0.5, 0.6) is 0 Å². The molecule has 8 nitrogen and oxygen atoms in total. The molecule has 1 aromatic carbocycles. The first-order chi connectivity index (χ1) is 15.4. The molecule has 1 aliphatic heterocycles. The Hall–Kier alpha value is -2.46. The van der Waals surface area contributed by atoms with Crippen LogP contribution in [0.4, 0.5) is 9.18 Å². The van der Waals surface area contributed by atoms with Gasteiger partial charge in [-0.15, -0.1) is 10.2 Å². The van der Waals surface area contributed by atoms with Crippen LogP contribution in [0.1, 0.15) is 58.3 Å². The van der Waals surface area contributed by atoms with Crippen molar-refractivity contribution >= 4 is 23.7 Å². The third kappa shape index (κ3) is 6.29. The molecule has 174 valence electrons. The van der Waals surface area contributed by atoms with Gasteiger partial charge in [-0.1, -0.05) is 25.1 Å². The van der Waals surface area contributed by atoms with E-state index < -0.39 is 11.9 Å². The Labute approximate surface area is 192 Å². The van der Waals surface area contributed by atoms with Gasteiger partial charge in [0.2, 0.25) is 5.91 Å². The van der Waals surface area contributed by atoms with E-state index in [9.17, 15) is 14.0 Å². The molecule has 10 heteroatoms. The number of piperidine rings is 1. The zero-order valence-corrected chi connectivity index (χ0v) is 19.6. The molecule has 1 aliphatic rings. The second-order valence-corrected chi connectivity index (χ2v) is 8.99. The van der Waals surface area contributed by atoms with E-state index in [1.807, 2.05) is 18.4 Å². The number of urea groups is 1. The van der Waals surface area contributed by atoms with Gasteiger partial charge in [-0.2, -0.15) is 0 Å². The molecule has 1 aromatic heterocycles. The second-order valence-electron chi connectivity index (χ2n) is 8.04. The van der Waals surface area contributed by atoms with Crippen molar-refractivity contribution in [3.05, 3.63) is 35.9 Å². The highest BCUT2D eigenvalue weighted by Gasteiger charge is 2.26. The number of nitrogens with one attached hydrogen (secondary N) is 2.